The first-order valence-electron chi connectivity index (χ1n) is 8.78. The minimum atomic E-state index is -3.36. The molecule has 0 saturated carbocycles. The number of carbonyl (C=O) groups is 1. The number of piperidine rings is 1. The molecule has 0 bridgehead atoms. The van der Waals surface area contributed by atoms with Crippen LogP contribution < -0.4 is 0 Å². The van der Waals surface area contributed by atoms with Gasteiger partial charge in [0, 0.05) is 54.5 Å². The number of carbonyl (C=O) groups excluding carboxylic acids is 1. The van der Waals surface area contributed by atoms with Gasteiger partial charge in [-0.2, -0.15) is 17.0 Å². The van der Waals surface area contributed by atoms with E-state index in [1.807, 2.05) is 0 Å². The Morgan fingerprint density at radius 1 is 1.24 bits per heavy atom. The summed E-state index contributed by atoms with van der Waals surface area (Å²) in [7, 11) is 3.17. The van der Waals surface area contributed by atoms with E-state index < -0.39 is 10.2 Å². The van der Waals surface area contributed by atoms with E-state index in [4.69, 9.17) is 9.47 Å². The molecule has 9 heteroatoms. The molecular formula is C16H31N3O5S. The number of hydrogen-bond donors (Lipinski definition) is 0. The van der Waals surface area contributed by atoms with Crippen LogP contribution in [-0.4, -0.2) is 94.5 Å². The number of ether oxygens (including phenoxy) is 2. The van der Waals surface area contributed by atoms with Gasteiger partial charge in [-0.1, -0.05) is 0 Å². The van der Waals surface area contributed by atoms with Crippen molar-refractivity contribution in [3.63, 3.8) is 0 Å². The average Bonchev–Trinajstić information content (AvgIpc) is 2.93. The predicted molar refractivity (Wildman–Crippen MR) is 94.3 cm³/mol. The minimum Gasteiger partial charge on any atom is -0.375 e. The number of likely N-dealkylation sites (N-methyl/N-ethyl adjacent to an activating group) is 1. The topological polar surface area (TPSA) is 79.4 Å². The highest BCUT2D eigenvalue weighted by molar-refractivity contribution is 7.86. The lowest BCUT2D eigenvalue weighted by Gasteiger charge is -2.42. The standard InChI is InChI=1S/C16H31N3O5S/c1-17(2)15(20)13-23-11-5-14-6-12-24-16(14)7-9-19(10-8-16)25(21,22)18(3)4/h14H,5-13H2,1-4H3/t14-/m0/s1. The summed E-state index contributed by atoms with van der Waals surface area (Å²) in [5.41, 5.74) is -0.243. The maximum atomic E-state index is 12.3. The monoisotopic (exact) mass is 377 g/mol. The third kappa shape index (κ3) is 4.71. The molecule has 2 fully saturated rings. The van der Waals surface area contributed by atoms with E-state index in [0.717, 1.165) is 12.8 Å². The molecule has 2 heterocycles. The first-order valence-corrected chi connectivity index (χ1v) is 10.2. The van der Waals surface area contributed by atoms with Crippen LogP contribution in [0.15, 0.2) is 0 Å². The lowest BCUT2D eigenvalue weighted by molar-refractivity contribution is -0.133. The van der Waals surface area contributed by atoms with Crippen LogP contribution in [0, 0.1) is 5.92 Å². The number of amides is 1. The summed E-state index contributed by atoms with van der Waals surface area (Å²) in [6.07, 6.45) is 3.22. The van der Waals surface area contributed by atoms with Gasteiger partial charge in [-0.3, -0.25) is 4.79 Å². The fourth-order valence-electron chi connectivity index (χ4n) is 3.59. The minimum absolute atomic E-state index is 0.0421. The van der Waals surface area contributed by atoms with Crippen LogP contribution in [0.25, 0.3) is 0 Å². The third-order valence-corrected chi connectivity index (χ3v) is 7.23. The van der Waals surface area contributed by atoms with Crippen molar-refractivity contribution in [2.24, 2.45) is 5.92 Å². The van der Waals surface area contributed by atoms with Gasteiger partial charge in [0.05, 0.1) is 5.60 Å². The molecule has 0 aromatic rings. The molecule has 2 aliphatic rings. The van der Waals surface area contributed by atoms with Crippen LogP contribution in [0.3, 0.4) is 0 Å². The van der Waals surface area contributed by atoms with Gasteiger partial charge in [-0.25, -0.2) is 0 Å². The summed E-state index contributed by atoms with van der Waals surface area (Å²) in [4.78, 5) is 13.0. The van der Waals surface area contributed by atoms with Crippen LogP contribution in [-0.2, 0) is 24.5 Å². The number of rotatable bonds is 7. The average molecular weight is 378 g/mol. The molecule has 2 aliphatic heterocycles. The fourth-order valence-corrected chi connectivity index (χ4v) is 4.69. The summed E-state index contributed by atoms with van der Waals surface area (Å²) >= 11 is 0. The van der Waals surface area contributed by atoms with Crippen molar-refractivity contribution in [1.29, 1.82) is 0 Å². The highest BCUT2D eigenvalue weighted by Gasteiger charge is 2.47. The van der Waals surface area contributed by atoms with Crippen LogP contribution in [0.2, 0.25) is 0 Å². The van der Waals surface area contributed by atoms with Gasteiger partial charge in [0.15, 0.2) is 0 Å². The summed E-state index contributed by atoms with van der Waals surface area (Å²) in [5, 5.41) is 0. The van der Waals surface area contributed by atoms with Gasteiger partial charge >= 0.3 is 0 Å². The zero-order valence-corrected chi connectivity index (χ0v) is 16.5. The first-order chi connectivity index (χ1) is 11.7. The van der Waals surface area contributed by atoms with Crippen LogP contribution >= 0.6 is 0 Å². The highest BCUT2D eigenvalue weighted by atomic mass is 32.2. The van der Waals surface area contributed by atoms with E-state index in [-0.39, 0.29) is 18.1 Å². The molecule has 1 atom stereocenters. The largest absolute Gasteiger partial charge is 0.375 e. The van der Waals surface area contributed by atoms with Gasteiger partial charge < -0.3 is 14.4 Å². The third-order valence-electron chi connectivity index (χ3n) is 5.29. The Hall–Kier alpha value is -0.740. The molecule has 146 valence electrons. The lowest BCUT2D eigenvalue weighted by Crippen LogP contribution is -2.51. The second kappa shape index (κ2) is 8.30. The Kier molecular flexibility index (Phi) is 6.83. The Balaban J connectivity index is 1.84. The molecule has 0 aromatic heterocycles. The van der Waals surface area contributed by atoms with Gasteiger partial charge in [0.1, 0.15) is 6.61 Å². The van der Waals surface area contributed by atoms with E-state index in [1.54, 1.807) is 28.2 Å². The maximum absolute atomic E-state index is 12.3. The predicted octanol–water partition coefficient (Wildman–Crippen LogP) is 0.159. The second-order valence-corrected chi connectivity index (χ2v) is 9.36. The van der Waals surface area contributed by atoms with Gasteiger partial charge in [0.2, 0.25) is 5.91 Å². The molecule has 0 aliphatic carbocycles. The van der Waals surface area contributed by atoms with E-state index in [2.05, 4.69) is 0 Å². The van der Waals surface area contributed by atoms with E-state index >= 15 is 0 Å². The summed E-state index contributed by atoms with van der Waals surface area (Å²) < 4.78 is 38.9. The molecule has 0 unspecified atom stereocenters. The lowest BCUT2D eigenvalue weighted by atomic mass is 9.78. The maximum Gasteiger partial charge on any atom is 0.281 e. The normalized spacial score (nSPS) is 24.1. The van der Waals surface area contributed by atoms with Crippen LogP contribution in [0.5, 0.6) is 0 Å². The molecule has 2 saturated heterocycles. The van der Waals surface area contributed by atoms with Crippen molar-refractivity contribution >= 4 is 16.1 Å². The fraction of sp³-hybridized carbons (Fsp3) is 0.938. The van der Waals surface area contributed by atoms with E-state index in [9.17, 15) is 13.2 Å². The molecule has 2 rings (SSSR count). The van der Waals surface area contributed by atoms with Crippen molar-refractivity contribution < 1.29 is 22.7 Å². The Bertz CT molecular complexity index is 556. The smallest absolute Gasteiger partial charge is 0.281 e. The van der Waals surface area contributed by atoms with Gasteiger partial charge in [0.25, 0.3) is 10.2 Å². The molecule has 0 N–H and O–H groups in total. The van der Waals surface area contributed by atoms with Crippen molar-refractivity contribution in [3.05, 3.63) is 0 Å². The first kappa shape index (κ1) is 20.6. The number of hydrogen-bond acceptors (Lipinski definition) is 5. The molecule has 0 radical (unpaired) electrons. The van der Waals surface area contributed by atoms with Crippen molar-refractivity contribution in [3.8, 4) is 0 Å². The van der Waals surface area contributed by atoms with Crippen LogP contribution in [0.1, 0.15) is 25.7 Å². The molecular weight excluding hydrogens is 346 g/mol. The van der Waals surface area contributed by atoms with Gasteiger partial charge in [-0.15, -0.1) is 0 Å². The summed E-state index contributed by atoms with van der Waals surface area (Å²) in [6.45, 7) is 2.30. The second-order valence-electron chi connectivity index (χ2n) is 7.22. The summed E-state index contributed by atoms with van der Waals surface area (Å²) in [6, 6.07) is 0. The number of nitrogens with zero attached hydrogens (tertiary/aromatic N) is 3. The van der Waals surface area contributed by atoms with Crippen molar-refractivity contribution in [2.45, 2.75) is 31.3 Å². The van der Waals surface area contributed by atoms with E-state index in [1.165, 1.54) is 13.5 Å². The zero-order valence-electron chi connectivity index (χ0n) is 15.7. The van der Waals surface area contributed by atoms with Crippen LogP contribution in [0.4, 0.5) is 0 Å². The molecule has 1 amide bonds. The zero-order chi connectivity index (χ0) is 18.7. The Labute approximate surface area is 151 Å². The van der Waals surface area contributed by atoms with E-state index in [0.29, 0.717) is 45.1 Å². The molecule has 1 spiro atoms. The quantitative estimate of drug-likeness (QED) is 0.591. The molecule has 8 nitrogen and oxygen atoms in total. The van der Waals surface area contributed by atoms with Crippen molar-refractivity contribution in [2.75, 3.05) is 61.1 Å². The van der Waals surface area contributed by atoms with Gasteiger partial charge in [-0.05, 0) is 31.6 Å². The molecule has 25 heavy (non-hydrogen) atoms. The Morgan fingerprint density at radius 2 is 1.88 bits per heavy atom. The molecule has 0 aromatic carbocycles. The summed E-state index contributed by atoms with van der Waals surface area (Å²) in [5.74, 6) is 0.311. The Morgan fingerprint density at radius 3 is 2.44 bits per heavy atom. The van der Waals surface area contributed by atoms with Crippen molar-refractivity contribution in [1.82, 2.24) is 13.5 Å². The highest BCUT2D eigenvalue weighted by Crippen LogP contribution is 2.42. The SMILES string of the molecule is CN(C)C(=O)COCC[C@H]1CCOC12CCN(S(=O)(=O)N(C)C)CC2.